The van der Waals surface area contributed by atoms with Crippen molar-refractivity contribution in [1.82, 2.24) is 10.2 Å². The van der Waals surface area contributed by atoms with Crippen molar-refractivity contribution >= 4 is 0 Å². The van der Waals surface area contributed by atoms with E-state index in [2.05, 4.69) is 54.4 Å². The molecule has 0 aliphatic carbocycles. The van der Waals surface area contributed by atoms with Crippen LogP contribution in [0.4, 0.5) is 0 Å². The summed E-state index contributed by atoms with van der Waals surface area (Å²) >= 11 is 0. The molecule has 1 fully saturated rings. The van der Waals surface area contributed by atoms with Crippen LogP contribution in [0.1, 0.15) is 38.3 Å². The second kappa shape index (κ2) is 7.21. The normalized spacial score (nSPS) is 27.6. The van der Waals surface area contributed by atoms with Gasteiger partial charge in [0.2, 0.25) is 0 Å². The molecule has 0 amide bonds. The van der Waals surface area contributed by atoms with E-state index in [9.17, 15) is 0 Å². The van der Waals surface area contributed by atoms with Crippen LogP contribution in [0.15, 0.2) is 30.3 Å². The standard InChI is InChI=1S/C17H28N2O/c1-4-17(2)14-18-16(15-9-6-5-7-10-15)13-19(17)11-8-12-20-3/h5-7,9-10,16,18H,4,8,11-14H2,1-3H3. The van der Waals surface area contributed by atoms with Gasteiger partial charge in [-0.3, -0.25) is 4.90 Å². The van der Waals surface area contributed by atoms with Crippen LogP contribution in [0.2, 0.25) is 0 Å². The van der Waals surface area contributed by atoms with Crippen molar-refractivity contribution in [2.75, 3.05) is 33.4 Å². The SMILES string of the molecule is CCC1(C)CNC(c2ccccc2)CN1CCCOC. The van der Waals surface area contributed by atoms with E-state index in [0.29, 0.717) is 6.04 Å². The number of hydrogen-bond donors (Lipinski definition) is 1. The summed E-state index contributed by atoms with van der Waals surface area (Å²) < 4.78 is 5.20. The molecule has 2 rings (SSSR count). The molecule has 1 aliphatic rings. The van der Waals surface area contributed by atoms with E-state index in [1.54, 1.807) is 7.11 Å². The number of benzene rings is 1. The van der Waals surface area contributed by atoms with Gasteiger partial charge in [-0.25, -0.2) is 0 Å². The number of ether oxygens (including phenoxy) is 1. The largest absolute Gasteiger partial charge is 0.385 e. The first kappa shape index (κ1) is 15.5. The molecule has 0 aromatic heterocycles. The summed E-state index contributed by atoms with van der Waals surface area (Å²) in [5, 5.41) is 3.72. The number of methoxy groups -OCH3 is 1. The second-order valence-electron chi connectivity index (χ2n) is 5.99. The Balaban J connectivity index is 2.04. The molecule has 0 radical (unpaired) electrons. The molecule has 1 aliphatic heterocycles. The van der Waals surface area contributed by atoms with Gasteiger partial charge in [0.1, 0.15) is 0 Å². The van der Waals surface area contributed by atoms with E-state index in [1.807, 2.05) is 0 Å². The Bertz CT molecular complexity index is 395. The van der Waals surface area contributed by atoms with Crippen molar-refractivity contribution in [2.24, 2.45) is 0 Å². The Hall–Kier alpha value is -0.900. The molecular formula is C17H28N2O. The first-order chi connectivity index (χ1) is 9.69. The minimum atomic E-state index is 0.263. The van der Waals surface area contributed by atoms with Gasteiger partial charge in [-0.1, -0.05) is 37.3 Å². The molecule has 0 spiro atoms. The third-order valence-corrected chi connectivity index (χ3v) is 4.64. The van der Waals surface area contributed by atoms with Gasteiger partial charge in [0.05, 0.1) is 0 Å². The lowest BCUT2D eigenvalue weighted by atomic mass is 9.90. The summed E-state index contributed by atoms with van der Waals surface area (Å²) in [7, 11) is 1.78. The van der Waals surface area contributed by atoms with E-state index < -0.39 is 0 Å². The lowest BCUT2D eigenvalue weighted by Crippen LogP contribution is -2.60. The number of hydrogen-bond acceptors (Lipinski definition) is 3. The highest BCUT2D eigenvalue weighted by atomic mass is 16.5. The fourth-order valence-electron chi connectivity index (χ4n) is 2.98. The number of rotatable bonds is 6. The minimum Gasteiger partial charge on any atom is -0.385 e. The van der Waals surface area contributed by atoms with Crippen LogP contribution in [-0.2, 0) is 4.74 Å². The average molecular weight is 276 g/mol. The number of piperazine rings is 1. The molecular weight excluding hydrogens is 248 g/mol. The predicted molar refractivity (Wildman–Crippen MR) is 83.9 cm³/mol. The highest BCUT2D eigenvalue weighted by Gasteiger charge is 2.36. The fraction of sp³-hybridized carbons (Fsp3) is 0.647. The summed E-state index contributed by atoms with van der Waals surface area (Å²) in [6.07, 6.45) is 2.28. The van der Waals surface area contributed by atoms with Crippen LogP contribution in [0.25, 0.3) is 0 Å². The van der Waals surface area contributed by atoms with Crippen LogP contribution in [0, 0.1) is 0 Å². The van der Waals surface area contributed by atoms with E-state index >= 15 is 0 Å². The van der Waals surface area contributed by atoms with Gasteiger partial charge in [-0.2, -0.15) is 0 Å². The Labute approximate surface area is 123 Å². The molecule has 3 heteroatoms. The van der Waals surface area contributed by atoms with Crippen LogP contribution in [0.3, 0.4) is 0 Å². The van der Waals surface area contributed by atoms with Crippen molar-refractivity contribution < 1.29 is 4.74 Å². The maximum absolute atomic E-state index is 5.20. The first-order valence-corrected chi connectivity index (χ1v) is 7.72. The van der Waals surface area contributed by atoms with E-state index in [0.717, 1.165) is 32.7 Å². The van der Waals surface area contributed by atoms with Crippen molar-refractivity contribution in [1.29, 1.82) is 0 Å². The van der Waals surface area contributed by atoms with Crippen LogP contribution in [-0.4, -0.2) is 43.8 Å². The molecule has 0 saturated carbocycles. The first-order valence-electron chi connectivity index (χ1n) is 7.72. The third-order valence-electron chi connectivity index (χ3n) is 4.64. The minimum absolute atomic E-state index is 0.263. The molecule has 3 nitrogen and oxygen atoms in total. The molecule has 1 saturated heterocycles. The molecule has 1 N–H and O–H groups in total. The van der Waals surface area contributed by atoms with E-state index in [4.69, 9.17) is 4.74 Å². The van der Waals surface area contributed by atoms with Crippen LogP contribution in [0.5, 0.6) is 0 Å². The molecule has 20 heavy (non-hydrogen) atoms. The molecule has 1 aromatic rings. The molecule has 1 heterocycles. The zero-order chi connectivity index (χ0) is 14.4. The number of nitrogens with one attached hydrogen (secondary N) is 1. The fourth-order valence-corrected chi connectivity index (χ4v) is 2.98. The van der Waals surface area contributed by atoms with E-state index in [-0.39, 0.29) is 5.54 Å². The Morgan fingerprint density at radius 2 is 2.10 bits per heavy atom. The molecule has 2 atom stereocenters. The molecule has 1 aromatic carbocycles. The van der Waals surface area contributed by atoms with Crippen molar-refractivity contribution in [3.63, 3.8) is 0 Å². The smallest absolute Gasteiger partial charge is 0.0474 e. The summed E-state index contributed by atoms with van der Waals surface area (Å²) in [5.41, 5.74) is 1.65. The second-order valence-corrected chi connectivity index (χ2v) is 5.99. The van der Waals surface area contributed by atoms with Crippen molar-refractivity contribution in [3.05, 3.63) is 35.9 Å². The maximum Gasteiger partial charge on any atom is 0.0474 e. The molecule has 112 valence electrons. The van der Waals surface area contributed by atoms with Gasteiger partial charge in [-0.05, 0) is 25.3 Å². The Kier molecular flexibility index (Phi) is 5.58. The Morgan fingerprint density at radius 3 is 2.75 bits per heavy atom. The van der Waals surface area contributed by atoms with Crippen molar-refractivity contribution in [2.45, 2.75) is 38.3 Å². The van der Waals surface area contributed by atoms with Gasteiger partial charge in [0, 0.05) is 44.9 Å². The van der Waals surface area contributed by atoms with Crippen molar-refractivity contribution in [3.8, 4) is 0 Å². The zero-order valence-electron chi connectivity index (χ0n) is 13.1. The van der Waals surface area contributed by atoms with Gasteiger partial charge in [0.25, 0.3) is 0 Å². The van der Waals surface area contributed by atoms with Crippen LogP contribution < -0.4 is 5.32 Å². The zero-order valence-corrected chi connectivity index (χ0v) is 13.1. The summed E-state index contributed by atoms with van der Waals surface area (Å²) in [6.45, 7) is 8.75. The van der Waals surface area contributed by atoms with Crippen LogP contribution >= 0.6 is 0 Å². The maximum atomic E-state index is 5.20. The lowest BCUT2D eigenvalue weighted by molar-refractivity contribution is 0.0406. The number of nitrogens with zero attached hydrogens (tertiary/aromatic N) is 1. The topological polar surface area (TPSA) is 24.5 Å². The lowest BCUT2D eigenvalue weighted by Gasteiger charge is -2.48. The molecule has 0 bridgehead atoms. The Morgan fingerprint density at radius 1 is 1.35 bits per heavy atom. The average Bonchev–Trinajstić information content (AvgIpc) is 2.50. The summed E-state index contributed by atoms with van der Waals surface area (Å²) in [4.78, 5) is 2.64. The molecule has 2 unspecified atom stereocenters. The highest BCUT2D eigenvalue weighted by Crippen LogP contribution is 2.28. The highest BCUT2D eigenvalue weighted by molar-refractivity contribution is 5.20. The summed E-state index contributed by atoms with van der Waals surface area (Å²) in [6, 6.07) is 11.2. The predicted octanol–water partition coefficient (Wildman–Crippen LogP) is 2.84. The van der Waals surface area contributed by atoms with Gasteiger partial charge in [0.15, 0.2) is 0 Å². The summed E-state index contributed by atoms with van der Waals surface area (Å²) in [5.74, 6) is 0. The van der Waals surface area contributed by atoms with Gasteiger partial charge in [-0.15, -0.1) is 0 Å². The van der Waals surface area contributed by atoms with E-state index in [1.165, 1.54) is 12.0 Å². The monoisotopic (exact) mass is 276 g/mol. The van der Waals surface area contributed by atoms with Gasteiger partial charge >= 0.3 is 0 Å². The quantitative estimate of drug-likeness (QED) is 0.809. The van der Waals surface area contributed by atoms with Gasteiger partial charge < -0.3 is 10.1 Å². The third kappa shape index (κ3) is 3.60.